The van der Waals surface area contributed by atoms with Gasteiger partial charge in [0.25, 0.3) is 5.91 Å². The van der Waals surface area contributed by atoms with Crippen molar-refractivity contribution in [3.05, 3.63) is 78.2 Å². The number of nitrogens with zero attached hydrogens (tertiary/aromatic N) is 3. The van der Waals surface area contributed by atoms with Gasteiger partial charge in [0.2, 0.25) is 5.88 Å². The second kappa shape index (κ2) is 8.73. The molecule has 1 aromatic heterocycles. The van der Waals surface area contributed by atoms with E-state index in [1.165, 1.54) is 6.20 Å². The zero-order valence-corrected chi connectivity index (χ0v) is 16.3. The fourth-order valence-electron chi connectivity index (χ4n) is 3.76. The molecule has 148 valence electrons. The summed E-state index contributed by atoms with van der Waals surface area (Å²) in [4.78, 5) is 23.3. The van der Waals surface area contributed by atoms with Crippen LogP contribution in [-0.4, -0.2) is 40.5 Å². The van der Waals surface area contributed by atoms with Crippen LogP contribution in [-0.2, 0) is 6.42 Å². The lowest BCUT2D eigenvalue weighted by molar-refractivity contribution is 0.0735. The van der Waals surface area contributed by atoms with E-state index in [9.17, 15) is 4.79 Å². The second-order valence-corrected chi connectivity index (χ2v) is 6.98. The summed E-state index contributed by atoms with van der Waals surface area (Å²) in [7, 11) is 1.68. The molecule has 1 fully saturated rings. The summed E-state index contributed by atoms with van der Waals surface area (Å²) < 4.78 is 11.2. The Labute approximate surface area is 170 Å². The Morgan fingerprint density at radius 3 is 2.90 bits per heavy atom. The summed E-state index contributed by atoms with van der Waals surface area (Å²) in [6.45, 7) is 0.758. The number of hydrogen-bond acceptors (Lipinski definition) is 5. The lowest BCUT2D eigenvalue weighted by atomic mass is 10.0. The molecule has 0 saturated carbocycles. The first-order valence-electron chi connectivity index (χ1n) is 9.71. The van der Waals surface area contributed by atoms with Gasteiger partial charge in [-0.1, -0.05) is 24.3 Å². The van der Waals surface area contributed by atoms with Crippen LogP contribution in [0.25, 0.3) is 0 Å². The summed E-state index contributed by atoms with van der Waals surface area (Å²) in [5, 5.41) is 0. The Balaban J connectivity index is 1.50. The maximum atomic E-state index is 13.2. The van der Waals surface area contributed by atoms with Crippen LogP contribution in [0.1, 0.15) is 28.8 Å². The van der Waals surface area contributed by atoms with Crippen molar-refractivity contribution in [3.8, 4) is 17.4 Å². The number of benzene rings is 2. The fourth-order valence-corrected chi connectivity index (χ4v) is 3.76. The average Bonchev–Trinajstić information content (AvgIpc) is 3.22. The summed E-state index contributed by atoms with van der Waals surface area (Å²) in [5.74, 6) is 1.85. The molecule has 29 heavy (non-hydrogen) atoms. The molecule has 0 bridgehead atoms. The Kier molecular flexibility index (Phi) is 5.70. The molecule has 1 aliphatic heterocycles. The van der Waals surface area contributed by atoms with E-state index < -0.39 is 0 Å². The number of hydrogen-bond donors (Lipinski definition) is 0. The highest BCUT2D eigenvalue weighted by molar-refractivity contribution is 5.95. The predicted octanol–water partition coefficient (Wildman–Crippen LogP) is 4.12. The molecule has 1 saturated heterocycles. The van der Waals surface area contributed by atoms with E-state index in [2.05, 4.69) is 16.0 Å². The number of carbonyl (C=O) groups is 1. The van der Waals surface area contributed by atoms with Gasteiger partial charge in [-0.15, -0.1) is 0 Å². The van der Waals surface area contributed by atoms with Crippen molar-refractivity contribution in [3.63, 3.8) is 0 Å². The molecule has 0 aliphatic carbocycles. The van der Waals surface area contributed by atoms with Crippen LogP contribution in [0.4, 0.5) is 0 Å². The van der Waals surface area contributed by atoms with Crippen LogP contribution < -0.4 is 9.47 Å². The number of aromatic nitrogens is 2. The zero-order valence-electron chi connectivity index (χ0n) is 16.3. The molecule has 6 heteroatoms. The van der Waals surface area contributed by atoms with Gasteiger partial charge in [-0.3, -0.25) is 9.78 Å². The minimum atomic E-state index is 0.0204. The molecule has 1 unspecified atom stereocenters. The molecule has 0 spiro atoms. The predicted molar refractivity (Wildman–Crippen MR) is 109 cm³/mol. The van der Waals surface area contributed by atoms with Crippen LogP contribution in [0.5, 0.6) is 17.4 Å². The van der Waals surface area contributed by atoms with E-state index in [-0.39, 0.29) is 11.9 Å². The fraction of sp³-hybridized carbons (Fsp3) is 0.261. The second-order valence-electron chi connectivity index (χ2n) is 6.98. The maximum Gasteiger partial charge on any atom is 0.254 e. The van der Waals surface area contributed by atoms with Crippen molar-refractivity contribution in [1.29, 1.82) is 0 Å². The molecule has 1 atom stereocenters. The number of carbonyl (C=O) groups excluding carboxylic acids is 1. The van der Waals surface area contributed by atoms with Gasteiger partial charge >= 0.3 is 0 Å². The standard InChI is InChI=1S/C23H23N3O3/c1-28-21-10-3-2-6-17(21)14-19-8-5-13-26(19)23(27)18-7-4-9-20(15-18)29-22-16-24-11-12-25-22/h2-4,6-7,9-12,15-16,19H,5,8,13-14H2,1H3. The van der Waals surface area contributed by atoms with Gasteiger partial charge in [-0.2, -0.15) is 0 Å². The molecule has 0 N–H and O–H groups in total. The number of ether oxygens (including phenoxy) is 2. The van der Waals surface area contributed by atoms with E-state index in [1.807, 2.05) is 41.3 Å². The Morgan fingerprint density at radius 1 is 1.17 bits per heavy atom. The molecular weight excluding hydrogens is 366 g/mol. The van der Waals surface area contributed by atoms with E-state index in [4.69, 9.17) is 9.47 Å². The van der Waals surface area contributed by atoms with E-state index in [0.29, 0.717) is 17.2 Å². The highest BCUT2D eigenvalue weighted by atomic mass is 16.5. The van der Waals surface area contributed by atoms with Crippen LogP contribution in [0.2, 0.25) is 0 Å². The third-order valence-electron chi connectivity index (χ3n) is 5.13. The zero-order chi connectivity index (χ0) is 20.1. The van der Waals surface area contributed by atoms with Gasteiger partial charge in [0, 0.05) is 30.5 Å². The molecule has 2 aromatic carbocycles. The monoisotopic (exact) mass is 389 g/mol. The van der Waals surface area contributed by atoms with Gasteiger partial charge in [0.1, 0.15) is 11.5 Å². The maximum absolute atomic E-state index is 13.2. The van der Waals surface area contributed by atoms with Crippen molar-refractivity contribution in [2.75, 3.05) is 13.7 Å². The number of para-hydroxylation sites is 1. The molecule has 4 rings (SSSR count). The Morgan fingerprint density at radius 2 is 2.07 bits per heavy atom. The average molecular weight is 389 g/mol. The van der Waals surface area contributed by atoms with Gasteiger partial charge in [0.05, 0.1) is 13.3 Å². The molecule has 1 aliphatic rings. The Bertz CT molecular complexity index is 978. The van der Waals surface area contributed by atoms with Gasteiger partial charge in [-0.05, 0) is 49.1 Å². The molecule has 1 amide bonds. The van der Waals surface area contributed by atoms with Gasteiger partial charge in [-0.25, -0.2) is 4.98 Å². The highest BCUT2D eigenvalue weighted by Gasteiger charge is 2.30. The summed E-state index contributed by atoms with van der Waals surface area (Å²) in [6.07, 6.45) is 7.46. The van der Waals surface area contributed by atoms with Gasteiger partial charge < -0.3 is 14.4 Å². The largest absolute Gasteiger partial charge is 0.496 e. The number of methoxy groups -OCH3 is 1. The minimum absolute atomic E-state index is 0.0204. The minimum Gasteiger partial charge on any atom is -0.496 e. The molecule has 3 aromatic rings. The third kappa shape index (κ3) is 4.37. The SMILES string of the molecule is COc1ccccc1CC1CCCN1C(=O)c1cccc(Oc2cnccn2)c1. The van der Waals surface area contributed by atoms with Crippen molar-refractivity contribution in [1.82, 2.24) is 14.9 Å². The third-order valence-corrected chi connectivity index (χ3v) is 5.13. The lowest BCUT2D eigenvalue weighted by Crippen LogP contribution is -2.36. The normalized spacial score (nSPS) is 15.9. The van der Waals surface area contributed by atoms with E-state index in [0.717, 1.165) is 37.1 Å². The molecule has 2 heterocycles. The first-order valence-corrected chi connectivity index (χ1v) is 9.71. The van der Waals surface area contributed by atoms with Crippen LogP contribution in [0, 0.1) is 0 Å². The topological polar surface area (TPSA) is 64.5 Å². The summed E-state index contributed by atoms with van der Waals surface area (Å²) in [6, 6.07) is 15.4. The first kappa shape index (κ1) is 18.9. The Hall–Kier alpha value is -3.41. The summed E-state index contributed by atoms with van der Waals surface area (Å²) in [5.41, 5.74) is 1.73. The highest BCUT2D eigenvalue weighted by Crippen LogP contribution is 2.28. The van der Waals surface area contributed by atoms with Crippen molar-refractivity contribution in [2.24, 2.45) is 0 Å². The molecule has 0 radical (unpaired) electrons. The van der Waals surface area contributed by atoms with Crippen molar-refractivity contribution >= 4 is 5.91 Å². The van der Waals surface area contributed by atoms with Crippen LogP contribution >= 0.6 is 0 Å². The molecule has 6 nitrogen and oxygen atoms in total. The first-order chi connectivity index (χ1) is 14.2. The number of amides is 1. The van der Waals surface area contributed by atoms with Crippen molar-refractivity contribution in [2.45, 2.75) is 25.3 Å². The number of rotatable bonds is 6. The number of likely N-dealkylation sites (tertiary alicyclic amines) is 1. The van der Waals surface area contributed by atoms with Crippen molar-refractivity contribution < 1.29 is 14.3 Å². The lowest BCUT2D eigenvalue weighted by Gasteiger charge is -2.25. The van der Waals surface area contributed by atoms with Gasteiger partial charge in [0.15, 0.2) is 0 Å². The quantitative estimate of drug-likeness (QED) is 0.634. The van der Waals surface area contributed by atoms with E-state index in [1.54, 1.807) is 25.6 Å². The smallest absolute Gasteiger partial charge is 0.254 e. The molecular formula is C23H23N3O3. The van der Waals surface area contributed by atoms with E-state index >= 15 is 0 Å². The van der Waals surface area contributed by atoms with Crippen LogP contribution in [0.15, 0.2) is 67.1 Å². The van der Waals surface area contributed by atoms with Crippen LogP contribution in [0.3, 0.4) is 0 Å². The summed E-state index contributed by atoms with van der Waals surface area (Å²) >= 11 is 0.